The number of benzene rings is 3. The number of aliphatic hydroxyl groups is 1. The fraction of sp³-hybridized carbons (Fsp3) is 0.222. The van der Waals surface area contributed by atoms with Crippen LogP contribution in [0.3, 0.4) is 0 Å². The third-order valence-corrected chi connectivity index (χ3v) is 5.71. The number of ether oxygens (including phenoxy) is 2. The van der Waals surface area contributed by atoms with Crippen molar-refractivity contribution in [2.75, 3.05) is 19.8 Å². The van der Waals surface area contributed by atoms with Crippen molar-refractivity contribution >= 4 is 28.4 Å². The SMILES string of the molecule is C=C(C)C(O)OCCOc1ccc2c3c(ccc(C(=O)c4ccccc4)c13)C(=O)N(CC)C2=O. The molecular weight excluding hydrogens is 434 g/mol. The predicted octanol–water partition coefficient (Wildman–Crippen LogP) is 3.98. The van der Waals surface area contributed by atoms with Gasteiger partial charge in [0.15, 0.2) is 12.1 Å². The molecule has 3 aromatic carbocycles. The van der Waals surface area contributed by atoms with Crippen molar-refractivity contribution in [1.82, 2.24) is 4.90 Å². The summed E-state index contributed by atoms with van der Waals surface area (Å²) in [5, 5.41) is 10.6. The van der Waals surface area contributed by atoms with E-state index in [1.807, 2.05) is 6.07 Å². The monoisotopic (exact) mass is 459 g/mol. The maximum atomic E-state index is 13.4. The molecule has 4 rings (SSSR count). The third kappa shape index (κ3) is 4.11. The summed E-state index contributed by atoms with van der Waals surface area (Å²) in [6.07, 6.45) is -1.11. The topological polar surface area (TPSA) is 93.1 Å². The van der Waals surface area contributed by atoms with E-state index in [9.17, 15) is 19.5 Å². The van der Waals surface area contributed by atoms with Crippen LogP contribution in [-0.4, -0.2) is 53.7 Å². The number of hydrogen-bond donors (Lipinski definition) is 1. The number of rotatable bonds is 9. The van der Waals surface area contributed by atoms with Crippen molar-refractivity contribution in [2.45, 2.75) is 20.1 Å². The van der Waals surface area contributed by atoms with Crippen molar-refractivity contribution < 1.29 is 29.0 Å². The van der Waals surface area contributed by atoms with Gasteiger partial charge >= 0.3 is 0 Å². The Bertz CT molecular complexity index is 1280. The molecule has 1 atom stereocenters. The second kappa shape index (κ2) is 9.59. The zero-order chi connectivity index (χ0) is 24.4. The van der Waals surface area contributed by atoms with E-state index in [2.05, 4.69) is 6.58 Å². The Kier molecular flexibility index (Phi) is 6.58. The van der Waals surface area contributed by atoms with Crippen LogP contribution in [-0.2, 0) is 4.74 Å². The largest absolute Gasteiger partial charge is 0.491 e. The van der Waals surface area contributed by atoms with E-state index in [-0.39, 0.29) is 25.5 Å². The van der Waals surface area contributed by atoms with Crippen LogP contribution in [0.25, 0.3) is 10.8 Å². The Morgan fingerprint density at radius 2 is 1.62 bits per heavy atom. The summed E-state index contributed by atoms with van der Waals surface area (Å²) in [5.41, 5.74) is 1.96. The quantitative estimate of drug-likeness (QED) is 0.171. The predicted molar refractivity (Wildman–Crippen MR) is 127 cm³/mol. The molecular formula is C27H25NO6. The van der Waals surface area contributed by atoms with Crippen LogP contribution in [0.2, 0.25) is 0 Å². The van der Waals surface area contributed by atoms with Crippen molar-refractivity contribution in [3.63, 3.8) is 0 Å². The number of ketones is 1. The molecule has 0 spiro atoms. The van der Waals surface area contributed by atoms with Crippen molar-refractivity contribution in [3.8, 4) is 5.75 Å². The van der Waals surface area contributed by atoms with Crippen LogP contribution in [0, 0.1) is 0 Å². The molecule has 0 bridgehead atoms. The lowest BCUT2D eigenvalue weighted by molar-refractivity contribution is -0.0786. The van der Waals surface area contributed by atoms with Gasteiger partial charge < -0.3 is 14.6 Å². The molecule has 3 aromatic rings. The van der Waals surface area contributed by atoms with E-state index in [0.717, 1.165) is 0 Å². The second-order valence-corrected chi connectivity index (χ2v) is 7.99. The molecule has 0 saturated carbocycles. The molecule has 0 aromatic heterocycles. The normalized spacial score (nSPS) is 13.8. The molecule has 0 saturated heterocycles. The zero-order valence-corrected chi connectivity index (χ0v) is 19.0. The lowest BCUT2D eigenvalue weighted by atomic mass is 9.88. The standard InChI is InChI=1S/C27H25NO6/c1-4-28-25(30)19-11-10-18(24(29)17-8-6-5-7-9-17)23-21(13-12-20(22(19)23)26(28)31)33-14-15-34-27(32)16(2)3/h5-13,27,32H,2,4,14-15H2,1,3H3. The summed E-state index contributed by atoms with van der Waals surface area (Å²) >= 11 is 0. The van der Waals surface area contributed by atoms with E-state index < -0.39 is 18.1 Å². The van der Waals surface area contributed by atoms with E-state index in [1.54, 1.807) is 62.4 Å². The molecule has 1 aliphatic heterocycles. The van der Waals surface area contributed by atoms with Gasteiger partial charge in [-0.05, 0) is 43.7 Å². The van der Waals surface area contributed by atoms with Gasteiger partial charge in [0.05, 0.1) is 6.61 Å². The summed E-state index contributed by atoms with van der Waals surface area (Å²) in [6, 6.07) is 15.2. The molecule has 0 aliphatic carbocycles. The Balaban J connectivity index is 1.82. The molecule has 1 aliphatic rings. The van der Waals surface area contributed by atoms with Gasteiger partial charge in [-0.15, -0.1) is 0 Å². The van der Waals surface area contributed by atoms with Crippen molar-refractivity contribution in [3.05, 3.63) is 89.0 Å². The van der Waals surface area contributed by atoms with Gasteiger partial charge in [-0.1, -0.05) is 36.9 Å². The Labute approximate surface area is 197 Å². The van der Waals surface area contributed by atoms with Gasteiger partial charge in [-0.25, -0.2) is 0 Å². The summed E-state index contributed by atoms with van der Waals surface area (Å²) in [4.78, 5) is 40.7. The first-order valence-corrected chi connectivity index (χ1v) is 11.0. The molecule has 1 unspecified atom stereocenters. The van der Waals surface area contributed by atoms with Crippen LogP contribution in [0.15, 0.2) is 66.7 Å². The number of hydrogen-bond acceptors (Lipinski definition) is 6. The molecule has 1 N–H and O–H groups in total. The summed E-state index contributed by atoms with van der Waals surface area (Å²) in [7, 11) is 0. The highest BCUT2D eigenvalue weighted by atomic mass is 16.6. The number of carbonyl (C=O) groups is 3. The molecule has 2 amide bonds. The number of carbonyl (C=O) groups excluding carboxylic acids is 3. The minimum absolute atomic E-state index is 0.0698. The maximum Gasteiger partial charge on any atom is 0.261 e. The smallest absolute Gasteiger partial charge is 0.261 e. The molecule has 34 heavy (non-hydrogen) atoms. The third-order valence-electron chi connectivity index (χ3n) is 5.71. The lowest BCUT2D eigenvalue weighted by Crippen LogP contribution is -2.40. The number of aliphatic hydroxyl groups excluding tert-OH is 1. The molecule has 7 nitrogen and oxygen atoms in total. The molecule has 0 fully saturated rings. The Morgan fingerprint density at radius 3 is 2.24 bits per heavy atom. The zero-order valence-electron chi connectivity index (χ0n) is 19.0. The van der Waals surface area contributed by atoms with Crippen LogP contribution in [0.5, 0.6) is 5.75 Å². The van der Waals surface area contributed by atoms with Crippen molar-refractivity contribution in [1.29, 1.82) is 0 Å². The van der Waals surface area contributed by atoms with Crippen LogP contribution in [0.1, 0.15) is 50.5 Å². The van der Waals surface area contributed by atoms with E-state index in [1.165, 1.54) is 4.90 Å². The van der Waals surface area contributed by atoms with Gasteiger partial charge in [0.1, 0.15) is 12.4 Å². The minimum Gasteiger partial charge on any atom is -0.491 e. The number of imide groups is 1. The Morgan fingerprint density at radius 1 is 0.971 bits per heavy atom. The van der Waals surface area contributed by atoms with Gasteiger partial charge in [0.2, 0.25) is 0 Å². The van der Waals surface area contributed by atoms with E-state index in [0.29, 0.717) is 44.3 Å². The van der Waals surface area contributed by atoms with Gasteiger partial charge in [0.25, 0.3) is 11.8 Å². The van der Waals surface area contributed by atoms with Gasteiger partial charge in [0, 0.05) is 39.6 Å². The summed E-state index contributed by atoms with van der Waals surface area (Å²) in [5.74, 6) is -0.720. The van der Waals surface area contributed by atoms with E-state index >= 15 is 0 Å². The summed E-state index contributed by atoms with van der Waals surface area (Å²) in [6.45, 7) is 7.40. The molecule has 7 heteroatoms. The second-order valence-electron chi connectivity index (χ2n) is 7.99. The van der Waals surface area contributed by atoms with Gasteiger partial charge in [-0.2, -0.15) is 0 Å². The minimum atomic E-state index is -1.11. The molecule has 174 valence electrons. The maximum absolute atomic E-state index is 13.4. The lowest BCUT2D eigenvalue weighted by Gasteiger charge is -2.27. The van der Waals surface area contributed by atoms with Crippen LogP contribution in [0.4, 0.5) is 0 Å². The highest BCUT2D eigenvalue weighted by molar-refractivity contribution is 6.29. The van der Waals surface area contributed by atoms with E-state index in [4.69, 9.17) is 9.47 Å². The molecule has 1 heterocycles. The van der Waals surface area contributed by atoms with Crippen molar-refractivity contribution in [2.24, 2.45) is 0 Å². The van der Waals surface area contributed by atoms with Crippen LogP contribution < -0.4 is 4.74 Å². The van der Waals surface area contributed by atoms with Gasteiger partial charge in [-0.3, -0.25) is 19.3 Å². The summed E-state index contributed by atoms with van der Waals surface area (Å²) < 4.78 is 11.2. The highest BCUT2D eigenvalue weighted by Gasteiger charge is 2.34. The number of nitrogens with zero attached hydrogens (tertiary/aromatic N) is 1. The fourth-order valence-electron chi connectivity index (χ4n) is 4.00. The number of amides is 2. The first kappa shape index (κ1) is 23.4. The fourth-order valence-corrected chi connectivity index (χ4v) is 4.00. The van der Waals surface area contributed by atoms with Crippen LogP contribution >= 0.6 is 0 Å². The first-order valence-electron chi connectivity index (χ1n) is 11.0. The highest BCUT2D eigenvalue weighted by Crippen LogP contribution is 2.38. The Hall–Kier alpha value is -3.81. The average molecular weight is 459 g/mol. The first-order chi connectivity index (χ1) is 16.3. The molecule has 0 radical (unpaired) electrons. The average Bonchev–Trinajstić information content (AvgIpc) is 2.85.